The highest BCUT2D eigenvalue weighted by Crippen LogP contribution is 2.22. The third kappa shape index (κ3) is 6.01. The van der Waals surface area contributed by atoms with Crippen LogP contribution in [-0.2, 0) is 21.4 Å². The van der Waals surface area contributed by atoms with Crippen molar-refractivity contribution in [1.29, 1.82) is 0 Å². The number of hydrogen-bond donors (Lipinski definition) is 3. The molecule has 10 heteroatoms. The minimum absolute atomic E-state index is 0. The van der Waals surface area contributed by atoms with Crippen molar-refractivity contribution in [2.24, 2.45) is 0 Å². The predicted molar refractivity (Wildman–Crippen MR) is 114 cm³/mol. The zero-order valence-corrected chi connectivity index (χ0v) is 16.8. The molecule has 1 aromatic carbocycles. The molecule has 0 aliphatic carbocycles. The van der Waals surface area contributed by atoms with Crippen LogP contribution >= 0.6 is 0 Å². The first-order valence-electron chi connectivity index (χ1n) is 9.15. The van der Waals surface area contributed by atoms with Crippen LogP contribution in [0.15, 0.2) is 53.7 Å². The van der Waals surface area contributed by atoms with Crippen molar-refractivity contribution >= 4 is 27.6 Å². The number of amides is 3. The molecule has 0 spiro atoms. The highest BCUT2D eigenvalue weighted by Gasteiger charge is 2.32. The molecular weight excluding hydrogens is 406 g/mol. The van der Waals surface area contributed by atoms with Gasteiger partial charge in [0, 0.05) is 50.7 Å². The zero-order valence-electron chi connectivity index (χ0n) is 16.0. The van der Waals surface area contributed by atoms with Gasteiger partial charge in [-0.15, -0.1) is 0 Å². The number of rotatable bonds is 6. The number of nitrogens with one attached hydrogen (secondary N) is 3. The van der Waals surface area contributed by atoms with E-state index in [4.69, 9.17) is 0 Å². The lowest BCUT2D eigenvalue weighted by atomic mass is 10.3. The molecule has 1 atom stereocenters. The average molecular weight is 434 g/mol. The number of benzene rings is 1. The van der Waals surface area contributed by atoms with E-state index in [1.54, 1.807) is 18.5 Å². The molecule has 3 rings (SSSR count). The Bertz CT molecular complexity index is 964. The summed E-state index contributed by atoms with van der Waals surface area (Å²) in [5.41, 5.74) is 1.34. The first-order chi connectivity index (χ1) is 13.8. The fourth-order valence-electron chi connectivity index (χ4n) is 3.07. The SMILES string of the molecule is C.CC(=O)N[C@H]1CCN(S(=O)(=O)c2ccc(NC(=O)NCc3cccnc3)cc2)C1. The lowest BCUT2D eigenvalue weighted by Gasteiger charge is -2.17. The predicted octanol–water partition coefficient (Wildman–Crippen LogP) is 1.94. The first kappa shape index (κ1) is 23.3. The highest BCUT2D eigenvalue weighted by atomic mass is 32.2. The summed E-state index contributed by atoms with van der Waals surface area (Å²) in [6.45, 7) is 2.34. The van der Waals surface area contributed by atoms with Crippen molar-refractivity contribution in [3.63, 3.8) is 0 Å². The van der Waals surface area contributed by atoms with Gasteiger partial charge in [0.2, 0.25) is 15.9 Å². The van der Waals surface area contributed by atoms with E-state index in [2.05, 4.69) is 20.9 Å². The van der Waals surface area contributed by atoms with Gasteiger partial charge in [-0.05, 0) is 42.3 Å². The van der Waals surface area contributed by atoms with Gasteiger partial charge >= 0.3 is 6.03 Å². The maximum atomic E-state index is 12.8. The highest BCUT2D eigenvalue weighted by molar-refractivity contribution is 7.89. The standard InChI is InChI=1S/C19H23N5O4S.CH4/c1-14(25)22-17-8-10-24(13-17)29(27,28)18-6-4-16(5-7-18)23-19(26)21-12-15-3-2-9-20-11-15;/h2-7,9,11,17H,8,10,12-13H2,1H3,(H,22,25)(H2,21,23,26);1H4/t17-;/m0./s1. The molecule has 1 aromatic heterocycles. The summed E-state index contributed by atoms with van der Waals surface area (Å²) in [5, 5.41) is 8.12. The molecule has 2 aromatic rings. The summed E-state index contributed by atoms with van der Waals surface area (Å²) in [4.78, 5) is 27.3. The Kier molecular flexibility index (Phi) is 7.90. The molecule has 3 N–H and O–H groups in total. The Balaban J connectivity index is 0.00000320. The molecule has 1 saturated heterocycles. The molecule has 1 aliphatic heterocycles. The van der Waals surface area contributed by atoms with E-state index in [9.17, 15) is 18.0 Å². The van der Waals surface area contributed by atoms with Crippen LogP contribution in [0.2, 0.25) is 0 Å². The third-order valence-corrected chi connectivity index (χ3v) is 6.36. The number of aromatic nitrogens is 1. The quantitative estimate of drug-likeness (QED) is 0.643. The number of hydrogen-bond acceptors (Lipinski definition) is 5. The van der Waals surface area contributed by atoms with Gasteiger partial charge in [-0.2, -0.15) is 4.31 Å². The summed E-state index contributed by atoms with van der Waals surface area (Å²) in [5.74, 6) is -0.175. The Labute approximate surface area is 176 Å². The number of carbonyl (C=O) groups excluding carboxylic acids is 2. The van der Waals surface area contributed by atoms with Crippen LogP contribution in [0.5, 0.6) is 0 Å². The van der Waals surface area contributed by atoms with E-state index in [0.29, 0.717) is 25.2 Å². The van der Waals surface area contributed by atoms with E-state index in [1.165, 1.54) is 35.5 Å². The number of carbonyl (C=O) groups is 2. The summed E-state index contributed by atoms with van der Waals surface area (Å²) >= 11 is 0. The van der Waals surface area contributed by atoms with Crippen LogP contribution in [-0.4, -0.2) is 48.8 Å². The smallest absolute Gasteiger partial charge is 0.319 e. The van der Waals surface area contributed by atoms with Gasteiger partial charge in [0.25, 0.3) is 0 Å². The summed E-state index contributed by atoms with van der Waals surface area (Å²) in [6, 6.07) is 9.05. The van der Waals surface area contributed by atoms with Crippen molar-refractivity contribution in [2.45, 2.75) is 38.3 Å². The van der Waals surface area contributed by atoms with E-state index in [0.717, 1.165) is 5.56 Å². The molecule has 0 bridgehead atoms. The van der Waals surface area contributed by atoms with Gasteiger partial charge in [0.15, 0.2) is 0 Å². The van der Waals surface area contributed by atoms with Gasteiger partial charge in [-0.1, -0.05) is 13.5 Å². The van der Waals surface area contributed by atoms with Crippen molar-refractivity contribution in [3.05, 3.63) is 54.4 Å². The van der Waals surface area contributed by atoms with Crippen LogP contribution < -0.4 is 16.0 Å². The van der Waals surface area contributed by atoms with Gasteiger partial charge in [-0.25, -0.2) is 13.2 Å². The summed E-state index contributed by atoms with van der Waals surface area (Å²) in [7, 11) is -3.65. The van der Waals surface area contributed by atoms with Gasteiger partial charge in [0.05, 0.1) is 4.90 Å². The molecule has 1 aliphatic rings. The second kappa shape index (κ2) is 10.2. The van der Waals surface area contributed by atoms with E-state index < -0.39 is 16.1 Å². The molecule has 0 unspecified atom stereocenters. The molecule has 2 heterocycles. The van der Waals surface area contributed by atoms with Crippen LogP contribution in [0.1, 0.15) is 26.3 Å². The molecule has 0 saturated carbocycles. The second-order valence-electron chi connectivity index (χ2n) is 6.74. The lowest BCUT2D eigenvalue weighted by molar-refractivity contribution is -0.119. The molecule has 9 nitrogen and oxygen atoms in total. The molecule has 3 amide bonds. The van der Waals surface area contributed by atoms with Gasteiger partial charge in [0.1, 0.15) is 0 Å². The Morgan fingerprint density at radius 3 is 2.57 bits per heavy atom. The van der Waals surface area contributed by atoms with Crippen molar-refractivity contribution in [3.8, 4) is 0 Å². The maximum absolute atomic E-state index is 12.8. The van der Waals surface area contributed by atoms with Crippen LogP contribution in [0.4, 0.5) is 10.5 Å². The number of nitrogens with zero attached hydrogens (tertiary/aromatic N) is 2. The van der Waals surface area contributed by atoms with Gasteiger partial charge in [-0.3, -0.25) is 9.78 Å². The number of anilines is 1. The van der Waals surface area contributed by atoms with E-state index >= 15 is 0 Å². The fraction of sp³-hybridized carbons (Fsp3) is 0.350. The zero-order chi connectivity index (χ0) is 20.9. The normalized spacial score (nSPS) is 16.4. The van der Waals surface area contributed by atoms with Crippen molar-refractivity contribution < 1.29 is 18.0 Å². The lowest BCUT2D eigenvalue weighted by Crippen LogP contribution is -2.37. The van der Waals surface area contributed by atoms with Crippen LogP contribution in [0.25, 0.3) is 0 Å². The number of sulfonamides is 1. The topological polar surface area (TPSA) is 121 Å². The van der Waals surface area contributed by atoms with Crippen LogP contribution in [0.3, 0.4) is 0 Å². The Morgan fingerprint density at radius 1 is 1.20 bits per heavy atom. The van der Waals surface area contributed by atoms with Crippen molar-refractivity contribution in [1.82, 2.24) is 19.9 Å². The second-order valence-corrected chi connectivity index (χ2v) is 8.68. The van der Waals surface area contributed by atoms with E-state index in [1.807, 2.05) is 6.07 Å². The number of urea groups is 1. The summed E-state index contributed by atoms with van der Waals surface area (Å²) in [6.07, 6.45) is 3.89. The fourth-order valence-corrected chi connectivity index (χ4v) is 4.57. The third-order valence-electron chi connectivity index (χ3n) is 4.48. The number of pyridine rings is 1. The Morgan fingerprint density at radius 2 is 1.93 bits per heavy atom. The summed E-state index contributed by atoms with van der Waals surface area (Å²) < 4.78 is 26.9. The largest absolute Gasteiger partial charge is 0.352 e. The van der Waals surface area contributed by atoms with Crippen molar-refractivity contribution in [2.75, 3.05) is 18.4 Å². The molecule has 30 heavy (non-hydrogen) atoms. The van der Waals surface area contributed by atoms with E-state index in [-0.39, 0.29) is 30.8 Å². The average Bonchev–Trinajstić information content (AvgIpc) is 3.16. The minimum Gasteiger partial charge on any atom is -0.352 e. The molecule has 0 radical (unpaired) electrons. The first-order valence-corrected chi connectivity index (χ1v) is 10.6. The van der Waals surface area contributed by atoms with Gasteiger partial charge < -0.3 is 16.0 Å². The minimum atomic E-state index is -3.65. The molecule has 1 fully saturated rings. The van der Waals surface area contributed by atoms with Crippen LogP contribution in [0, 0.1) is 0 Å². The molecule has 162 valence electrons. The monoisotopic (exact) mass is 433 g/mol. The Hall–Kier alpha value is -2.98. The molecular formula is C20H27N5O4S. The maximum Gasteiger partial charge on any atom is 0.319 e.